The number of carbonyl (C=O) groups excluding carboxylic acids is 1. The highest BCUT2D eigenvalue weighted by molar-refractivity contribution is 7.07. The highest BCUT2D eigenvalue weighted by Gasteiger charge is 2.24. The van der Waals surface area contributed by atoms with Gasteiger partial charge in [0.2, 0.25) is 0 Å². The number of para-hydroxylation sites is 1. The van der Waals surface area contributed by atoms with Gasteiger partial charge in [-0.3, -0.25) is 4.79 Å². The van der Waals surface area contributed by atoms with E-state index < -0.39 is 0 Å². The molecular weight excluding hydrogens is 368 g/mol. The predicted octanol–water partition coefficient (Wildman–Crippen LogP) is 2.72. The van der Waals surface area contributed by atoms with Crippen molar-refractivity contribution in [1.82, 2.24) is 4.90 Å². The molecule has 1 aliphatic rings. The standard InChI is InChI=1S/C23H24N2O2S/c26-23(25-13-11-24(12-14-25)16-19-10-15-28-18-19)17-27-22-9-5-4-8-21(22)20-6-2-1-3-7-20/h1-10,15,18H,11-14,16-17H2/p+1. The number of ether oxygens (including phenoxy) is 1. The van der Waals surface area contributed by atoms with Crippen LogP contribution in [0.4, 0.5) is 0 Å². The Hall–Kier alpha value is -2.63. The van der Waals surface area contributed by atoms with Crippen LogP contribution in [0.15, 0.2) is 71.4 Å². The van der Waals surface area contributed by atoms with Gasteiger partial charge in [0.25, 0.3) is 5.91 Å². The quantitative estimate of drug-likeness (QED) is 0.699. The van der Waals surface area contributed by atoms with E-state index in [-0.39, 0.29) is 12.5 Å². The number of hydrogen-bond acceptors (Lipinski definition) is 3. The van der Waals surface area contributed by atoms with E-state index in [0.29, 0.717) is 0 Å². The molecule has 0 bridgehead atoms. The number of nitrogens with one attached hydrogen (secondary N) is 1. The Bertz CT molecular complexity index is 888. The molecule has 1 fully saturated rings. The molecule has 0 spiro atoms. The van der Waals surface area contributed by atoms with Crippen LogP contribution in [0.5, 0.6) is 5.75 Å². The fourth-order valence-electron chi connectivity index (χ4n) is 3.61. The third-order valence-electron chi connectivity index (χ3n) is 5.18. The van der Waals surface area contributed by atoms with E-state index in [2.05, 4.69) is 29.0 Å². The lowest BCUT2D eigenvalue weighted by molar-refractivity contribution is -0.917. The average molecular weight is 394 g/mol. The minimum absolute atomic E-state index is 0.0671. The SMILES string of the molecule is O=C(COc1ccccc1-c1ccccc1)N1CC[NH+](Cc2ccsc2)CC1. The molecule has 1 aromatic heterocycles. The first-order chi connectivity index (χ1) is 13.8. The first-order valence-corrected chi connectivity index (χ1v) is 10.6. The zero-order valence-electron chi connectivity index (χ0n) is 15.8. The van der Waals surface area contributed by atoms with Crippen molar-refractivity contribution in [2.24, 2.45) is 0 Å². The van der Waals surface area contributed by atoms with Gasteiger partial charge in [-0.1, -0.05) is 48.5 Å². The molecule has 2 aromatic carbocycles. The smallest absolute Gasteiger partial charge is 0.260 e. The summed E-state index contributed by atoms with van der Waals surface area (Å²) >= 11 is 1.74. The van der Waals surface area contributed by atoms with Crippen molar-refractivity contribution in [2.75, 3.05) is 32.8 Å². The number of amides is 1. The molecule has 2 heterocycles. The van der Waals surface area contributed by atoms with Gasteiger partial charge in [-0.25, -0.2) is 0 Å². The summed E-state index contributed by atoms with van der Waals surface area (Å²) in [4.78, 5) is 16.1. The van der Waals surface area contributed by atoms with E-state index in [1.807, 2.05) is 47.4 Å². The number of quaternary nitrogens is 1. The summed E-state index contributed by atoms with van der Waals surface area (Å²) in [7, 11) is 0. The summed E-state index contributed by atoms with van der Waals surface area (Å²) in [6, 6.07) is 20.2. The third kappa shape index (κ3) is 4.61. The third-order valence-corrected chi connectivity index (χ3v) is 5.91. The van der Waals surface area contributed by atoms with Gasteiger partial charge in [-0.2, -0.15) is 11.3 Å². The maximum atomic E-state index is 12.6. The van der Waals surface area contributed by atoms with Gasteiger partial charge in [0.15, 0.2) is 6.61 Å². The topological polar surface area (TPSA) is 34.0 Å². The summed E-state index contributed by atoms with van der Waals surface area (Å²) in [5.41, 5.74) is 3.50. The van der Waals surface area contributed by atoms with Crippen LogP contribution in [0, 0.1) is 0 Å². The highest BCUT2D eigenvalue weighted by atomic mass is 32.1. The van der Waals surface area contributed by atoms with Gasteiger partial charge >= 0.3 is 0 Å². The first-order valence-electron chi connectivity index (χ1n) is 9.69. The Kier molecular flexibility index (Phi) is 6.04. The second-order valence-corrected chi connectivity index (χ2v) is 7.87. The summed E-state index contributed by atoms with van der Waals surface area (Å²) in [5, 5.41) is 4.34. The lowest BCUT2D eigenvalue weighted by atomic mass is 10.1. The Morgan fingerprint density at radius 3 is 2.50 bits per heavy atom. The minimum atomic E-state index is 0.0671. The molecule has 28 heavy (non-hydrogen) atoms. The zero-order valence-corrected chi connectivity index (χ0v) is 16.7. The van der Waals surface area contributed by atoms with Crippen LogP contribution in [0.25, 0.3) is 11.1 Å². The predicted molar refractivity (Wildman–Crippen MR) is 113 cm³/mol. The first kappa shape index (κ1) is 18.7. The van der Waals surface area contributed by atoms with E-state index in [1.165, 1.54) is 10.5 Å². The number of rotatable bonds is 6. The molecule has 4 rings (SSSR count). The van der Waals surface area contributed by atoms with Crippen LogP contribution in [0.1, 0.15) is 5.56 Å². The van der Waals surface area contributed by atoms with Gasteiger partial charge in [0, 0.05) is 11.1 Å². The maximum Gasteiger partial charge on any atom is 0.260 e. The molecule has 0 saturated carbocycles. The van der Waals surface area contributed by atoms with E-state index in [9.17, 15) is 4.79 Å². The highest BCUT2D eigenvalue weighted by Crippen LogP contribution is 2.29. The van der Waals surface area contributed by atoms with Crippen LogP contribution in [0.2, 0.25) is 0 Å². The Labute approximate surface area is 170 Å². The molecule has 0 aliphatic carbocycles. The van der Waals surface area contributed by atoms with Crippen molar-refractivity contribution >= 4 is 17.2 Å². The van der Waals surface area contributed by atoms with Crippen molar-refractivity contribution in [1.29, 1.82) is 0 Å². The molecule has 5 heteroatoms. The molecule has 1 amide bonds. The monoisotopic (exact) mass is 393 g/mol. The molecule has 1 saturated heterocycles. The Balaban J connectivity index is 1.31. The van der Waals surface area contributed by atoms with Crippen LogP contribution in [-0.4, -0.2) is 43.6 Å². The largest absolute Gasteiger partial charge is 0.483 e. The van der Waals surface area contributed by atoms with E-state index in [0.717, 1.165) is 49.6 Å². The van der Waals surface area contributed by atoms with Crippen molar-refractivity contribution in [3.63, 3.8) is 0 Å². The van der Waals surface area contributed by atoms with Crippen LogP contribution < -0.4 is 9.64 Å². The molecule has 0 atom stereocenters. The minimum Gasteiger partial charge on any atom is -0.483 e. The van der Waals surface area contributed by atoms with Gasteiger partial charge in [-0.15, -0.1) is 0 Å². The van der Waals surface area contributed by atoms with Gasteiger partial charge in [0.1, 0.15) is 12.3 Å². The molecular formula is C23H25N2O2S+. The summed E-state index contributed by atoms with van der Waals surface area (Å²) in [5.74, 6) is 0.821. The van der Waals surface area contributed by atoms with Crippen LogP contribution in [-0.2, 0) is 11.3 Å². The molecule has 1 aliphatic heterocycles. The molecule has 144 valence electrons. The second-order valence-electron chi connectivity index (χ2n) is 7.09. The number of benzene rings is 2. The van der Waals surface area contributed by atoms with Crippen molar-refractivity contribution in [3.05, 3.63) is 77.0 Å². The van der Waals surface area contributed by atoms with Crippen LogP contribution >= 0.6 is 11.3 Å². The fourth-order valence-corrected chi connectivity index (χ4v) is 4.28. The summed E-state index contributed by atoms with van der Waals surface area (Å²) in [6.07, 6.45) is 0. The van der Waals surface area contributed by atoms with E-state index in [4.69, 9.17) is 4.74 Å². The van der Waals surface area contributed by atoms with E-state index >= 15 is 0 Å². The number of thiophene rings is 1. The molecule has 0 unspecified atom stereocenters. The Morgan fingerprint density at radius 2 is 1.75 bits per heavy atom. The van der Waals surface area contributed by atoms with E-state index in [1.54, 1.807) is 11.3 Å². The molecule has 0 radical (unpaired) electrons. The molecule has 3 aromatic rings. The van der Waals surface area contributed by atoms with Gasteiger partial charge < -0.3 is 14.5 Å². The number of hydrogen-bond donors (Lipinski definition) is 1. The molecule has 1 N–H and O–H groups in total. The summed E-state index contributed by atoms with van der Waals surface area (Å²) < 4.78 is 5.92. The number of carbonyl (C=O) groups is 1. The lowest BCUT2D eigenvalue weighted by Gasteiger charge is -2.32. The lowest BCUT2D eigenvalue weighted by Crippen LogP contribution is -3.13. The second kappa shape index (κ2) is 9.04. The fraction of sp³-hybridized carbons (Fsp3) is 0.261. The number of nitrogens with zero attached hydrogens (tertiary/aromatic N) is 1. The zero-order chi connectivity index (χ0) is 19.2. The number of piperazine rings is 1. The average Bonchev–Trinajstić information content (AvgIpc) is 3.26. The molecule has 4 nitrogen and oxygen atoms in total. The maximum absolute atomic E-state index is 12.6. The van der Waals surface area contributed by atoms with Crippen molar-refractivity contribution in [3.8, 4) is 16.9 Å². The Morgan fingerprint density at radius 1 is 1.00 bits per heavy atom. The normalized spacial score (nSPS) is 14.8. The summed E-state index contributed by atoms with van der Waals surface area (Å²) in [6.45, 7) is 4.70. The van der Waals surface area contributed by atoms with Gasteiger partial charge in [-0.05, 0) is 28.5 Å². The van der Waals surface area contributed by atoms with Crippen molar-refractivity contribution in [2.45, 2.75) is 6.54 Å². The van der Waals surface area contributed by atoms with Crippen molar-refractivity contribution < 1.29 is 14.4 Å². The van der Waals surface area contributed by atoms with Crippen LogP contribution in [0.3, 0.4) is 0 Å². The van der Waals surface area contributed by atoms with Gasteiger partial charge in [0.05, 0.1) is 26.2 Å².